The van der Waals surface area contributed by atoms with Gasteiger partial charge in [-0.3, -0.25) is 4.90 Å². The van der Waals surface area contributed by atoms with E-state index in [4.69, 9.17) is 0 Å². The second-order valence-electron chi connectivity index (χ2n) is 4.43. The lowest BCUT2D eigenvalue weighted by molar-refractivity contribution is 0.220. The maximum absolute atomic E-state index is 11.7. The van der Waals surface area contributed by atoms with Crippen LogP contribution < -0.4 is 5.32 Å². The smallest absolute Gasteiger partial charge is 0.321 e. The quantitative estimate of drug-likeness (QED) is 0.730. The van der Waals surface area contributed by atoms with Crippen molar-refractivity contribution in [3.8, 4) is 0 Å². The molecule has 18 heavy (non-hydrogen) atoms. The Morgan fingerprint density at radius 3 is 3.00 bits per heavy atom. The van der Waals surface area contributed by atoms with Crippen molar-refractivity contribution in [2.24, 2.45) is 0 Å². The molecule has 0 aliphatic carbocycles. The van der Waals surface area contributed by atoms with Gasteiger partial charge in [0.25, 0.3) is 0 Å². The van der Waals surface area contributed by atoms with Gasteiger partial charge in [-0.05, 0) is 18.1 Å². The van der Waals surface area contributed by atoms with Gasteiger partial charge in [-0.15, -0.1) is 0 Å². The van der Waals surface area contributed by atoms with Gasteiger partial charge in [0.2, 0.25) is 0 Å². The first kappa shape index (κ1) is 10.9. The fourth-order valence-electron chi connectivity index (χ4n) is 2.56. The number of aromatic amines is 1. The summed E-state index contributed by atoms with van der Waals surface area (Å²) >= 11 is 0. The van der Waals surface area contributed by atoms with Crippen molar-refractivity contribution in [3.63, 3.8) is 0 Å². The Labute approximate surface area is 105 Å². The lowest BCUT2D eigenvalue weighted by atomic mass is 10.0. The zero-order valence-electron chi connectivity index (χ0n) is 10.3. The Morgan fingerprint density at radius 2 is 2.22 bits per heavy atom. The number of carbonyl (C=O) groups is 1. The summed E-state index contributed by atoms with van der Waals surface area (Å²) in [6.07, 6.45) is 0.853. The molecule has 0 spiro atoms. The third kappa shape index (κ3) is 1.42. The Balaban J connectivity index is 2.11. The van der Waals surface area contributed by atoms with E-state index in [0.29, 0.717) is 6.54 Å². The third-order valence-electron chi connectivity index (χ3n) is 3.47. The van der Waals surface area contributed by atoms with Crippen molar-refractivity contribution in [2.45, 2.75) is 6.42 Å². The van der Waals surface area contributed by atoms with Crippen molar-refractivity contribution in [1.29, 1.82) is 0 Å². The third-order valence-corrected chi connectivity index (χ3v) is 3.47. The molecule has 4 heteroatoms. The van der Waals surface area contributed by atoms with Crippen molar-refractivity contribution < 1.29 is 4.79 Å². The molecule has 0 fully saturated rings. The number of nitrogens with zero attached hydrogens (tertiary/aromatic N) is 1. The Bertz CT molecular complexity index is 642. The van der Waals surface area contributed by atoms with Gasteiger partial charge in [-0.25, -0.2) is 4.79 Å². The van der Waals surface area contributed by atoms with Gasteiger partial charge in [-0.1, -0.05) is 24.8 Å². The van der Waals surface area contributed by atoms with Crippen LogP contribution in [0.2, 0.25) is 0 Å². The highest BCUT2D eigenvalue weighted by Gasteiger charge is 2.26. The first-order valence-electron chi connectivity index (χ1n) is 6.00. The van der Waals surface area contributed by atoms with Crippen LogP contribution in [0.3, 0.4) is 0 Å². The topological polar surface area (TPSA) is 48.1 Å². The molecule has 0 unspecified atom stereocenters. The van der Waals surface area contributed by atoms with E-state index in [1.807, 2.05) is 18.2 Å². The Morgan fingerprint density at radius 1 is 1.44 bits per heavy atom. The van der Waals surface area contributed by atoms with Gasteiger partial charge in [0.1, 0.15) is 0 Å². The number of amides is 2. The fraction of sp³-hybridized carbons (Fsp3) is 0.214. The highest BCUT2D eigenvalue weighted by molar-refractivity contribution is 5.93. The molecule has 2 N–H and O–H groups in total. The molecule has 2 amide bonds. The Hall–Kier alpha value is -2.23. The summed E-state index contributed by atoms with van der Waals surface area (Å²) in [5.74, 6) is 0. The monoisotopic (exact) mass is 241 g/mol. The number of nitrogens with one attached hydrogen (secondary N) is 2. The maximum Gasteiger partial charge on any atom is 0.321 e. The molecule has 4 nitrogen and oxygen atoms in total. The number of aromatic nitrogens is 1. The average Bonchev–Trinajstić information content (AvgIpc) is 2.78. The normalized spacial score (nSPS) is 14.7. The fourth-order valence-corrected chi connectivity index (χ4v) is 2.56. The SMILES string of the molecule is C=C1c2[nH]c3ccccc3c2CCN1C(=O)NC. The predicted molar refractivity (Wildman–Crippen MR) is 72.2 cm³/mol. The van der Waals surface area contributed by atoms with E-state index in [2.05, 4.69) is 22.9 Å². The van der Waals surface area contributed by atoms with E-state index in [9.17, 15) is 4.79 Å². The van der Waals surface area contributed by atoms with Crippen LogP contribution in [0.5, 0.6) is 0 Å². The number of urea groups is 1. The second-order valence-corrected chi connectivity index (χ2v) is 4.43. The van der Waals surface area contributed by atoms with Crippen LogP contribution in [0.15, 0.2) is 30.8 Å². The summed E-state index contributed by atoms with van der Waals surface area (Å²) in [6.45, 7) is 4.71. The first-order valence-corrected chi connectivity index (χ1v) is 6.00. The molecular weight excluding hydrogens is 226 g/mol. The zero-order valence-corrected chi connectivity index (χ0v) is 10.3. The summed E-state index contributed by atoms with van der Waals surface area (Å²) in [5, 5.41) is 3.87. The van der Waals surface area contributed by atoms with Gasteiger partial charge in [0, 0.05) is 24.5 Å². The number of benzene rings is 1. The molecule has 0 saturated carbocycles. The van der Waals surface area contributed by atoms with Crippen LogP contribution >= 0.6 is 0 Å². The number of H-pyrrole nitrogens is 1. The Kier molecular flexibility index (Phi) is 2.37. The lowest BCUT2D eigenvalue weighted by Gasteiger charge is -2.28. The molecule has 92 valence electrons. The van der Waals surface area contributed by atoms with E-state index in [1.165, 1.54) is 10.9 Å². The van der Waals surface area contributed by atoms with Crippen LogP contribution in [-0.4, -0.2) is 29.5 Å². The predicted octanol–water partition coefficient (Wildman–Crippen LogP) is 2.34. The van der Waals surface area contributed by atoms with E-state index < -0.39 is 0 Å². The molecule has 2 aromatic rings. The number of rotatable bonds is 0. The largest absolute Gasteiger partial charge is 0.353 e. The van der Waals surface area contributed by atoms with Crippen molar-refractivity contribution in [1.82, 2.24) is 15.2 Å². The molecule has 0 radical (unpaired) electrons. The van der Waals surface area contributed by atoms with Crippen molar-refractivity contribution in [2.75, 3.05) is 13.6 Å². The summed E-state index contributed by atoms with van der Waals surface area (Å²) in [6, 6.07) is 8.08. The second kappa shape index (κ2) is 3.91. The molecule has 0 bridgehead atoms. The summed E-state index contributed by atoms with van der Waals surface area (Å²) < 4.78 is 0. The van der Waals surface area contributed by atoms with Crippen molar-refractivity contribution in [3.05, 3.63) is 42.1 Å². The van der Waals surface area contributed by atoms with Crippen LogP contribution in [0.4, 0.5) is 4.79 Å². The number of carbonyl (C=O) groups excluding carboxylic acids is 1. The summed E-state index contributed by atoms with van der Waals surface area (Å²) in [5.41, 5.74) is 4.08. The van der Waals surface area contributed by atoms with Crippen LogP contribution in [0, 0.1) is 0 Å². The minimum Gasteiger partial charge on any atom is -0.353 e. The van der Waals surface area contributed by atoms with Crippen molar-refractivity contribution >= 4 is 22.6 Å². The molecule has 0 saturated heterocycles. The first-order chi connectivity index (χ1) is 8.72. The average molecular weight is 241 g/mol. The highest BCUT2D eigenvalue weighted by atomic mass is 16.2. The molecule has 1 aromatic carbocycles. The van der Waals surface area contributed by atoms with E-state index in [0.717, 1.165) is 23.3 Å². The van der Waals surface area contributed by atoms with Gasteiger partial charge < -0.3 is 10.3 Å². The molecule has 1 aromatic heterocycles. The standard InChI is InChI=1S/C14H15N3O/c1-9-13-11(7-8-17(9)14(18)15-2)10-5-3-4-6-12(10)16-13/h3-6,16H,1,7-8H2,2H3,(H,15,18). The maximum atomic E-state index is 11.7. The van der Waals surface area contributed by atoms with E-state index >= 15 is 0 Å². The molecule has 3 rings (SSSR count). The van der Waals surface area contributed by atoms with Crippen LogP contribution in [-0.2, 0) is 6.42 Å². The minimum atomic E-state index is -0.107. The number of fused-ring (bicyclic) bond motifs is 3. The number of hydrogen-bond donors (Lipinski definition) is 2. The van der Waals surface area contributed by atoms with Gasteiger partial charge in [0.05, 0.1) is 11.4 Å². The molecule has 2 heterocycles. The van der Waals surface area contributed by atoms with E-state index in [-0.39, 0.29) is 6.03 Å². The highest BCUT2D eigenvalue weighted by Crippen LogP contribution is 2.32. The molecular formula is C14H15N3O. The lowest BCUT2D eigenvalue weighted by Crippen LogP contribution is -2.40. The number of para-hydroxylation sites is 1. The van der Waals surface area contributed by atoms with Crippen LogP contribution in [0.25, 0.3) is 16.6 Å². The molecule has 1 aliphatic rings. The number of hydrogen-bond acceptors (Lipinski definition) is 1. The molecule has 1 aliphatic heterocycles. The minimum absolute atomic E-state index is 0.107. The zero-order chi connectivity index (χ0) is 12.7. The van der Waals surface area contributed by atoms with Gasteiger partial charge >= 0.3 is 6.03 Å². The van der Waals surface area contributed by atoms with Gasteiger partial charge in [-0.2, -0.15) is 0 Å². The summed E-state index contributed by atoms with van der Waals surface area (Å²) in [4.78, 5) is 16.8. The summed E-state index contributed by atoms with van der Waals surface area (Å²) in [7, 11) is 1.64. The van der Waals surface area contributed by atoms with Gasteiger partial charge in [0.15, 0.2) is 0 Å². The molecule has 0 atom stereocenters. The van der Waals surface area contributed by atoms with E-state index in [1.54, 1.807) is 11.9 Å². The van der Waals surface area contributed by atoms with Crippen LogP contribution in [0.1, 0.15) is 11.3 Å².